The van der Waals surface area contributed by atoms with Crippen LogP contribution in [0.1, 0.15) is 22.8 Å². The number of aromatic nitrogens is 1. The number of ether oxygens (including phenoxy) is 1. The number of carbonyl (C=O) groups excluding carboxylic acids is 2. The molecule has 0 spiro atoms. The second-order valence-corrected chi connectivity index (χ2v) is 6.51. The van der Waals surface area contributed by atoms with Crippen molar-refractivity contribution in [1.29, 1.82) is 0 Å². The highest BCUT2D eigenvalue weighted by atomic mass is 16.5. The number of pyridine rings is 1. The van der Waals surface area contributed by atoms with Crippen molar-refractivity contribution in [3.05, 3.63) is 84.2 Å². The van der Waals surface area contributed by atoms with Crippen LogP contribution >= 0.6 is 0 Å². The Morgan fingerprint density at radius 2 is 1.62 bits per heavy atom. The molecular formula is C23H24N3O3+. The standard InChI is InChI=1S/C23H23N3O3/c1-3-17-12-14-26(15-13-17)16-22(27)24-19-10-8-18(9-11-19)23(28)25-20-6-4-5-7-21(20)29-2/h4-15H,3,16H2,1-2H3,(H-,24,25,27,28)/p+1. The van der Waals surface area contributed by atoms with Gasteiger partial charge in [-0.15, -0.1) is 0 Å². The maximum Gasteiger partial charge on any atom is 0.290 e. The maximum absolute atomic E-state index is 12.5. The second-order valence-electron chi connectivity index (χ2n) is 6.51. The monoisotopic (exact) mass is 390 g/mol. The summed E-state index contributed by atoms with van der Waals surface area (Å²) in [5.74, 6) is 0.207. The molecule has 0 saturated carbocycles. The third-order valence-electron chi connectivity index (χ3n) is 4.48. The number of amides is 2. The predicted octanol–water partition coefficient (Wildman–Crippen LogP) is 3.44. The van der Waals surface area contributed by atoms with Crippen molar-refractivity contribution in [2.24, 2.45) is 0 Å². The van der Waals surface area contributed by atoms with Crippen LogP contribution < -0.4 is 19.9 Å². The molecule has 0 unspecified atom stereocenters. The first kappa shape index (κ1) is 20.1. The van der Waals surface area contributed by atoms with E-state index in [2.05, 4.69) is 17.6 Å². The minimum atomic E-state index is -0.251. The van der Waals surface area contributed by atoms with E-state index in [1.165, 1.54) is 5.56 Å². The Bertz CT molecular complexity index is 983. The Morgan fingerprint density at radius 1 is 0.931 bits per heavy atom. The summed E-state index contributed by atoms with van der Waals surface area (Å²) >= 11 is 0. The van der Waals surface area contributed by atoms with Crippen molar-refractivity contribution < 1.29 is 18.9 Å². The Kier molecular flexibility index (Phi) is 6.58. The van der Waals surface area contributed by atoms with Gasteiger partial charge in [0.05, 0.1) is 12.8 Å². The van der Waals surface area contributed by atoms with Gasteiger partial charge in [0, 0.05) is 23.4 Å². The number of hydrogen-bond donors (Lipinski definition) is 2. The first-order valence-corrected chi connectivity index (χ1v) is 9.41. The van der Waals surface area contributed by atoms with Gasteiger partial charge in [-0.05, 0) is 48.4 Å². The predicted molar refractivity (Wildman–Crippen MR) is 112 cm³/mol. The number of carbonyl (C=O) groups is 2. The third-order valence-corrected chi connectivity index (χ3v) is 4.48. The SMILES string of the molecule is CCc1cc[n+](CC(=O)Nc2ccc(C(=O)Nc3ccccc3OC)cc2)cc1. The van der Waals surface area contributed by atoms with Gasteiger partial charge in [-0.2, -0.15) is 4.57 Å². The molecule has 2 N–H and O–H groups in total. The van der Waals surface area contributed by atoms with E-state index in [4.69, 9.17) is 4.74 Å². The second kappa shape index (κ2) is 9.50. The lowest BCUT2D eigenvalue weighted by Gasteiger charge is -2.10. The van der Waals surface area contributed by atoms with E-state index in [-0.39, 0.29) is 18.4 Å². The van der Waals surface area contributed by atoms with E-state index < -0.39 is 0 Å². The van der Waals surface area contributed by atoms with Gasteiger partial charge in [0.25, 0.3) is 11.8 Å². The van der Waals surface area contributed by atoms with E-state index in [9.17, 15) is 9.59 Å². The zero-order valence-corrected chi connectivity index (χ0v) is 16.5. The van der Waals surface area contributed by atoms with Gasteiger partial charge in [0.15, 0.2) is 12.4 Å². The number of anilines is 2. The van der Waals surface area contributed by atoms with E-state index >= 15 is 0 Å². The fourth-order valence-electron chi connectivity index (χ4n) is 2.84. The van der Waals surface area contributed by atoms with Crippen molar-refractivity contribution >= 4 is 23.2 Å². The summed E-state index contributed by atoms with van der Waals surface area (Å²) in [5, 5.41) is 5.67. The largest absolute Gasteiger partial charge is 0.495 e. The van der Waals surface area contributed by atoms with Gasteiger partial charge in [-0.3, -0.25) is 9.59 Å². The van der Waals surface area contributed by atoms with Gasteiger partial charge in [-0.1, -0.05) is 19.1 Å². The quantitative estimate of drug-likeness (QED) is 0.607. The highest BCUT2D eigenvalue weighted by Crippen LogP contribution is 2.23. The summed E-state index contributed by atoms with van der Waals surface area (Å²) in [7, 11) is 1.55. The number of rotatable bonds is 7. The molecule has 0 aliphatic heterocycles. The lowest BCUT2D eigenvalue weighted by Crippen LogP contribution is -2.39. The van der Waals surface area contributed by atoms with E-state index in [1.54, 1.807) is 43.5 Å². The Morgan fingerprint density at radius 3 is 2.28 bits per heavy atom. The summed E-state index contributed by atoms with van der Waals surface area (Å²) in [6.45, 7) is 2.31. The minimum Gasteiger partial charge on any atom is -0.495 e. The van der Waals surface area contributed by atoms with Gasteiger partial charge in [0.2, 0.25) is 6.54 Å². The average molecular weight is 390 g/mol. The molecule has 148 valence electrons. The molecule has 29 heavy (non-hydrogen) atoms. The maximum atomic E-state index is 12.5. The smallest absolute Gasteiger partial charge is 0.290 e. The third kappa shape index (κ3) is 5.42. The van der Waals surface area contributed by atoms with Crippen LogP contribution in [0.15, 0.2) is 73.1 Å². The van der Waals surface area contributed by atoms with E-state index in [1.807, 2.05) is 41.2 Å². The molecule has 0 bridgehead atoms. The van der Waals surface area contributed by atoms with Crippen LogP contribution in [-0.4, -0.2) is 18.9 Å². The van der Waals surface area contributed by atoms with Crippen LogP contribution in [0.3, 0.4) is 0 Å². The van der Waals surface area contributed by atoms with Crippen LogP contribution in [0.5, 0.6) is 5.75 Å². The van der Waals surface area contributed by atoms with Gasteiger partial charge in [0.1, 0.15) is 5.75 Å². The summed E-state index contributed by atoms with van der Waals surface area (Å²) in [5.41, 5.74) is 2.94. The number of hydrogen-bond acceptors (Lipinski definition) is 3. The number of nitrogens with one attached hydrogen (secondary N) is 2. The molecule has 3 aromatic rings. The first-order valence-electron chi connectivity index (χ1n) is 9.41. The van der Waals surface area contributed by atoms with Crippen LogP contribution in [0, 0.1) is 0 Å². The number of nitrogens with zero attached hydrogens (tertiary/aromatic N) is 1. The average Bonchev–Trinajstić information content (AvgIpc) is 2.75. The molecule has 0 aliphatic rings. The first-order chi connectivity index (χ1) is 14.1. The summed E-state index contributed by atoms with van der Waals surface area (Å²) in [6, 6.07) is 18.0. The fourth-order valence-corrected chi connectivity index (χ4v) is 2.84. The summed E-state index contributed by atoms with van der Waals surface area (Å²) in [6.07, 6.45) is 4.75. The molecule has 6 heteroatoms. The van der Waals surface area contributed by atoms with Gasteiger partial charge >= 0.3 is 0 Å². The fraction of sp³-hybridized carbons (Fsp3) is 0.174. The molecule has 0 fully saturated rings. The summed E-state index contributed by atoms with van der Waals surface area (Å²) in [4.78, 5) is 24.7. The Hall–Kier alpha value is -3.67. The topological polar surface area (TPSA) is 71.3 Å². The Labute approximate surface area is 170 Å². The molecular weight excluding hydrogens is 366 g/mol. The number of aryl methyl sites for hydroxylation is 1. The molecule has 2 amide bonds. The summed E-state index contributed by atoms with van der Waals surface area (Å²) < 4.78 is 7.07. The molecule has 0 radical (unpaired) electrons. The number of benzene rings is 2. The van der Waals surface area contributed by atoms with E-state index in [0.29, 0.717) is 22.7 Å². The molecule has 0 saturated heterocycles. The molecule has 1 aromatic heterocycles. The van der Waals surface area contributed by atoms with Crippen molar-refractivity contribution in [1.82, 2.24) is 0 Å². The molecule has 1 heterocycles. The van der Waals surface area contributed by atoms with Gasteiger partial charge < -0.3 is 15.4 Å². The van der Waals surface area contributed by atoms with Crippen LogP contribution in [0.2, 0.25) is 0 Å². The van der Waals surface area contributed by atoms with Gasteiger partial charge in [-0.25, -0.2) is 0 Å². The minimum absolute atomic E-state index is 0.134. The molecule has 0 aliphatic carbocycles. The Balaban J connectivity index is 1.59. The number of methoxy groups -OCH3 is 1. The van der Waals surface area contributed by atoms with Crippen molar-refractivity contribution in [2.45, 2.75) is 19.9 Å². The van der Waals surface area contributed by atoms with Crippen LogP contribution in [0.4, 0.5) is 11.4 Å². The number of para-hydroxylation sites is 2. The van der Waals surface area contributed by atoms with Crippen molar-refractivity contribution in [2.75, 3.05) is 17.7 Å². The molecule has 2 aromatic carbocycles. The molecule has 0 atom stereocenters. The highest BCUT2D eigenvalue weighted by molar-refractivity contribution is 6.05. The van der Waals surface area contributed by atoms with Crippen LogP contribution in [-0.2, 0) is 17.8 Å². The van der Waals surface area contributed by atoms with Crippen molar-refractivity contribution in [3.8, 4) is 5.75 Å². The molecule has 3 rings (SSSR count). The highest BCUT2D eigenvalue weighted by Gasteiger charge is 2.12. The normalized spacial score (nSPS) is 10.3. The molecule has 6 nitrogen and oxygen atoms in total. The van der Waals surface area contributed by atoms with E-state index in [0.717, 1.165) is 6.42 Å². The zero-order valence-electron chi connectivity index (χ0n) is 16.5. The van der Waals surface area contributed by atoms with Crippen LogP contribution in [0.25, 0.3) is 0 Å². The zero-order chi connectivity index (χ0) is 20.6. The lowest BCUT2D eigenvalue weighted by molar-refractivity contribution is -0.684. The van der Waals surface area contributed by atoms with Crippen molar-refractivity contribution in [3.63, 3.8) is 0 Å². The lowest BCUT2D eigenvalue weighted by atomic mass is 10.2.